The van der Waals surface area contributed by atoms with E-state index in [1.807, 2.05) is 31.2 Å². The Hall–Kier alpha value is -2.79. The topological polar surface area (TPSA) is 63.2 Å². The normalized spacial score (nSPS) is 10.6. The molecule has 5 nitrogen and oxygen atoms in total. The van der Waals surface area contributed by atoms with E-state index in [1.54, 1.807) is 19.2 Å². The quantitative estimate of drug-likeness (QED) is 0.635. The molecule has 0 saturated carbocycles. The second kappa shape index (κ2) is 7.62. The van der Waals surface area contributed by atoms with Crippen LogP contribution in [0.4, 0.5) is 11.4 Å². The molecule has 0 atom stereocenters. The van der Waals surface area contributed by atoms with E-state index in [-0.39, 0.29) is 5.91 Å². The number of carbonyl (C=O) groups excluding carboxylic acids is 1. The number of anilines is 2. The number of rotatable bonds is 5. The van der Waals surface area contributed by atoms with Gasteiger partial charge in [-0.2, -0.15) is 0 Å². The summed E-state index contributed by atoms with van der Waals surface area (Å²) in [6.07, 6.45) is 0. The third kappa shape index (κ3) is 4.06. The van der Waals surface area contributed by atoms with Crippen LogP contribution in [0.5, 0.6) is 5.75 Å². The van der Waals surface area contributed by atoms with Crippen LogP contribution in [0.15, 0.2) is 42.5 Å². The highest BCUT2D eigenvalue weighted by molar-refractivity contribution is 6.30. The van der Waals surface area contributed by atoms with Crippen molar-refractivity contribution in [3.05, 3.63) is 58.7 Å². The summed E-state index contributed by atoms with van der Waals surface area (Å²) >= 11 is 6.36. The molecule has 2 aromatic carbocycles. The molecular formula is C20H20ClN3O2. The summed E-state index contributed by atoms with van der Waals surface area (Å²) in [6.45, 7) is 3.98. The zero-order valence-electron chi connectivity index (χ0n) is 14.9. The molecule has 1 amide bonds. The minimum Gasteiger partial charge on any atom is -0.495 e. The number of fused-ring (bicyclic) bond motifs is 1. The van der Waals surface area contributed by atoms with Gasteiger partial charge in [0, 0.05) is 30.1 Å². The smallest absolute Gasteiger partial charge is 0.221 e. The lowest BCUT2D eigenvalue weighted by molar-refractivity contribution is -0.114. The molecule has 0 bridgehead atoms. The minimum atomic E-state index is -0.127. The Morgan fingerprint density at radius 2 is 2.00 bits per heavy atom. The van der Waals surface area contributed by atoms with Crippen LogP contribution in [0.2, 0.25) is 5.15 Å². The van der Waals surface area contributed by atoms with Crippen LogP contribution >= 0.6 is 11.6 Å². The average Bonchev–Trinajstić information content (AvgIpc) is 2.59. The van der Waals surface area contributed by atoms with Crippen molar-refractivity contribution in [3.8, 4) is 5.75 Å². The van der Waals surface area contributed by atoms with Gasteiger partial charge in [-0.3, -0.25) is 4.79 Å². The van der Waals surface area contributed by atoms with Crippen LogP contribution in [0, 0.1) is 6.92 Å². The fourth-order valence-corrected chi connectivity index (χ4v) is 2.95. The SMILES string of the molecule is COc1ccc(NC(C)=O)cc1NCc1cc2ccc(C)cc2nc1Cl. The Balaban J connectivity index is 1.86. The molecular weight excluding hydrogens is 350 g/mol. The molecule has 1 heterocycles. The van der Waals surface area contributed by atoms with Crippen molar-refractivity contribution < 1.29 is 9.53 Å². The molecule has 0 aliphatic carbocycles. The summed E-state index contributed by atoms with van der Waals surface area (Å²) in [5, 5.41) is 7.58. The zero-order chi connectivity index (χ0) is 18.7. The van der Waals surface area contributed by atoms with E-state index in [2.05, 4.69) is 21.7 Å². The number of aromatic nitrogens is 1. The van der Waals surface area contributed by atoms with Crippen LogP contribution in [0.25, 0.3) is 10.9 Å². The number of aryl methyl sites for hydroxylation is 1. The Kier molecular flexibility index (Phi) is 5.28. The summed E-state index contributed by atoms with van der Waals surface area (Å²) < 4.78 is 5.38. The number of methoxy groups -OCH3 is 1. The van der Waals surface area contributed by atoms with Gasteiger partial charge in [-0.05, 0) is 42.8 Å². The van der Waals surface area contributed by atoms with E-state index >= 15 is 0 Å². The highest BCUT2D eigenvalue weighted by Crippen LogP contribution is 2.29. The van der Waals surface area contributed by atoms with Crippen molar-refractivity contribution in [2.75, 3.05) is 17.7 Å². The van der Waals surface area contributed by atoms with Gasteiger partial charge in [0.05, 0.1) is 18.3 Å². The second-order valence-corrected chi connectivity index (χ2v) is 6.44. The molecule has 0 unspecified atom stereocenters. The van der Waals surface area contributed by atoms with Crippen molar-refractivity contribution in [1.29, 1.82) is 0 Å². The van der Waals surface area contributed by atoms with Gasteiger partial charge in [0.15, 0.2) is 0 Å². The molecule has 3 rings (SSSR count). The third-order valence-electron chi connectivity index (χ3n) is 3.99. The van der Waals surface area contributed by atoms with E-state index in [0.29, 0.717) is 23.1 Å². The monoisotopic (exact) mass is 369 g/mol. The van der Waals surface area contributed by atoms with Crippen LogP contribution in [0.1, 0.15) is 18.1 Å². The number of nitrogens with zero attached hydrogens (tertiary/aromatic N) is 1. The molecule has 134 valence electrons. The first kappa shape index (κ1) is 18.0. The Labute approximate surface area is 157 Å². The number of benzene rings is 2. The van der Waals surface area contributed by atoms with Crippen molar-refractivity contribution in [2.45, 2.75) is 20.4 Å². The second-order valence-electron chi connectivity index (χ2n) is 6.08. The van der Waals surface area contributed by atoms with Crippen LogP contribution in [-0.2, 0) is 11.3 Å². The lowest BCUT2D eigenvalue weighted by Gasteiger charge is -2.14. The molecule has 3 aromatic rings. The molecule has 0 radical (unpaired) electrons. The summed E-state index contributed by atoms with van der Waals surface area (Å²) in [4.78, 5) is 15.7. The lowest BCUT2D eigenvalue weighted by atomic mass is 10.1. The van der Waals surface area contributed by atoms with E-state index in [0.717, 1.165) is 27.7 Å². The standard InChI is InChI=1S/C20H20ClN3O2/c1-12-4-5-14-9-15(20(21)24-17(14)8-12)11-22-18-10-16(23-13(2)25)6-7-19(18)26-3/h4-10,22H,11H2,1-3H3,(H,23,25). The first-order valence-electron chi connectivity index (χ1n) is 8.21. The van der Waals surface area contributed by atoms with E-state index in [4.69, 9.17) is 16.3 Å². The Bertz CT molecular complexity index is 973. The molecule has 1 aromatic heterocycles. The van der Waals surface area contributed by atoms with Crippen molar-refractivity contribution in [1.82, 2.24) is 4.98 Å². The zero-order valence-corrected chi connectivity index (χ0v) is 15.6. The molecule has 0 fully saturated rings. The number of halogens is 1. The number of nitrogens with one attached hydrogen (secondary N) is 2. The summed E-state index contributed by atoms with van der Waals surface area (Å²) in [5.74, 6) is 0.554. The van der Waals surface area contributed by atoms with E-state index < -0.39 is 0 Å². The minimum absolute atomic E-state index is 0.127. The Morgan fingerprint density at radius 1 is 1.19 bits per heavy atom. The van der Waals surface area contributed by atoms with Crippen LogP contribution in [-0.4, -0.2) is 18.0 Å². The molecule has 0 aliphatic heterocycles. The molecule has 0 aliphatic rings. The average molecular weight is 370 g/mol. The van der Waals surface area contributed by atoms with Gasteiger partial charge in [0.1, 0.15) is 10.9 Å². The fourth-order valence-electron chi connectivity index (χ4n) is 2.74. The maximum atomic E-state index is 11.3. The number of pyridine rings is 1. The number of ether oxygens (including phenoxy) is 1. The molecule has 2 N–H and O–H groups in total. The maximum absolute atomic E-state index is 11.3. The van der Waals surface area contributed by atoms with Crippen LogP contribution in [0.3, 0.4) is 0 Å². The van der Waals surface area contributed by atoms with Crippen molar-refractivity contribution >= 4 is 39.8 Å². The molecule has 0 saturated heterocycles. The van der Waals surface area contributed by atoms with E-state index in [1.165, 1.54) is 6.92 Å². The first-order valence-corrected chi connectivity index (χ1v) is 8.59. The molecule has 6 heteroatoms. The molecule has 26 heavy (non-hydrogen) atoms. The first-order chi connectivity index (χ1) is 12.5. The predicted octanol–water partition coefficient (Wildman–Crippen LogP) is 4.78. The van der Waals surface area contributed by atoms with Gasteiger partial charge in [0.25, 0.3) is 0 Å². The van der Waals surface area contributed by atoms with Crippen molar-refractivity contribution in [3.63, 3.8) is 0 Å². The largest absolute Gasteiger partial charge is 0.495 e. The Morgan fingerprint density at radius 3 is 2.73 bits per heavy atom. The van der Waals surface area contributed by atoms with Gasteiger partial charge < -0.3 is 15.4 Å². The highest BCUT2D eigenvalue weighted by atomic mass is 35.5. The highest BCUT2D eigenvalue weighted by Gasteiger charge is 2.09. The summed E-state index contributed by atoms with van der Waals surface area (Å²) in [5.41, 5.74) is 4.36. The number of carbonyl (C=O) groups is 1. The van der Waals surface area contributed by atoms with Gasteiger partial charge in [-0.1, -0.05) is 23.7 Å². The fraction of sp³-hybridized carbons (Fsp3) is 0.200. The van der Waals surface area contributed by atoms with Gasteiger partial charge in [0.2, 0.25) is 5.91 Å². The third-order valence-corrected chi connectivity index (χ3v) is 4.32. The van der Waals surface area contributed by atoms with E-state index in [9.17, 15) is 4.79 Å². The summed E-state index contributed by atoms with van der Waals surface area (Å²) in [7, 11) is 1.60. The van der Waals surface area contributed by atoms with Gasteiger partial charge >= 0.3 is 0 Å². The maximum Gasteiger partial charge on any atom is 0.221 e. The van der Waals surface area contributed by atoms with Crippen LogP contribution < -0.4 is 15.4 Å². The van der Waals surface area contributed by atoms with Gasteiger partial charge in [-0.25, -0.2) is 4.98 Å². The predicted molar refractivity (Wildman–Crippen MR) is 106 cm³/mol. The number of hydrogen-bond acceptors (Lipinski definition) is 4. The van der Waals surface area contributed by atoms with Gasteiger partial charge in [-0.15, -0.1) is 0 Å². The number of hydrogen-bond donors (Lipinski definition) is 2. The number of amides is 1. The summed E-state index contributed by atoms with van der Waals surface area (Å²) in [6, 6.07) is 13.5. The van der Waals surface area contributed by atoms with Crippen molar-refractivity contribution in [2.24, 2.45) is 0 Å². The lowest BCUT2D eigenvalue weighted by Crippen LogP contribution is -2.07. The molecule has 0 spiro atoms.